The van der Waals surface area contributed by atoms with Gasteiger partial charge in [0.15, 0.2) is 5.11 Å². The molecule has 0 atom stereocenters. The summed E-state index contributed by atoms with van der Waals surface area (Å²) in [6.07, 6.45) is 0. The molecule has 0 saturated heterocycles. The Morgan fingerprint density at radius 3 is 2.54 bits per heavy atom. The number of hydrogen-bond donors (Lipinski definition) is 2. The number of ether oxygens (including phenoxy) is 1. The summed E-state index contributed by atoms with van der Waals surface area (Å²) < 4.78 is 4.85. The zero-order chi connectivity index (χ0) is 19.4. The number of methoxy groups -OCH3 is 1. The monoisotopic (exact) mass is 411 g/mol. The molecule has 0 aliphatic rings. The highest BCUT2D eigenvalue weighted by Gasteiger charge is 2.26. The normalized spacial score (nSPS) is 10.2. The summed E-state index contributed by atoms with van der Waals surface area (Å²) in [6.45, 7) is 1.71. The topological polar surface area (TPSA) is 70.7 Å². The van der Waals surface area contributed by atoms with Gasteiger partial charge in [-0.2, -0.15) is 0 Å². The van der Waals surface area contributed by atoms with Gasteiger partial charge in [0.2, 0.25) is 0 Å². The molecule has 1 amide bonds. The van der Waals surface area contributed by atoms with E-state index in [-0.39, 0.29) is 16.6 Å². The molecule has 26 heavy (non-hydrogen) atoms. The molecule has 0 saturated carbocycles. The minimum Gasteiger partial charge on any atom is -0.465 e. The molecule has 2 aromatic rings. The minimum atomic E-state index is -0.537. The Kier molecular flexibility index (Phi) is 6.57. The third-order valence-electron chi connectivity index (χ3n) is 3.45. The lowest BCUT2D eigenvalue weighted by Gasteiger charge is -2.10. The van der Waals surface area contributed by atoms with Crippen molar-refractivity contribution in [2.24, 2.45) is 0 Å². The SMILES string of the molecule is COC(=O)c1c(NC(=S)Nc2cccc(Cl)c2)sc(C(=O)N(C)C)c1C. The quantitative estimate of drug-likeness (QED) is 0.585. The summed E-state index contributed by atoms with van der Waals surface area (Å²) in [4.78, 5) is 26.4. The van der Waals surface area contributed by atoms with Crippen LogP contribution in [0.3, 0.4) is 0 Å². The summed E-state index contributed by atoms with van der Waals surface area (Å²) in [5.41, 5.74) is 1.54. The molecule has 138 valence electrons. The van der Waals surface area contributed by atoms with Gasteiger partial charge in [-0.3, -0.25) is 4.79 Å². The van der Waals surface area contributed by atoms with Gasteiger partial charge < -0.3 is 20.3 Å². The highest BCUT2D eigenvalue weighted by molar-refractivity contribution is 7.80. The molecule has 2 rings (SSSR count). The van der Waals surface area contributed by atoms with Crippen molar-refractivity contribution >= 4 is 62.8 Å². The first-order valence-corrected chi connectivity index (χ1v) is 9.11. The average Bonchev–Trinajstić information content (AvgIpc) is 2.89. The van der Waals surface area contributed by atoms with Crippen LogP contribution < -0.4 is 10.6 Å². The van der Waals surface area contributed by atoms with Gasteiger partial charge in [-0.05, 0) is 42.9 Å². The average molecular weight is 412 g/mol. The third kappa shape index (κ3) is 4.51. The molecular weight excluding hydrogens is 394 g/mol. The highest BCUT2D eigenvalue weighted by atomic mass is 35.5. The fourth-order valence-electron chi connectivity index (χ4n) is 2.19. The van der Waals surface area contributed by atoms with Crippen molar-refractivity contribution in [3.05, 3.63) is 45.3 Å². The predicted octanol–water partition coefficient (Wildman–Crippen LogP) is 4.01. The van der Waals surface area contributed by atoms with Crippen LogP contribution in [0.1, 0.15) is 25.6 Å². The first-order chi connectivity index (χ1) is 12.2. The van der Waals surface area contributed by atoms with Gasteiger partial charge in [-0.1, -0.05) is 17.7 Å². The maximum atomic E-state index is 12.3. The van der Waals surface area contributed by atoms with Crippen LogP contribution in [0.5, 0.6) is 0 Å². The molecule has 2 N–H and O–H groups in total. The zero-order valence-corrected chi connectivity index (χ0v) is 17.1. The Labute approximate surface area is 166 Å². The number of halogens is 1. The number of anilines is 2. The van der Waals surface area contributed by atoms with Crippen LogP contribution in [0.15, 0.2) is 24.3 Å². The van der Waals surface area contributed by atoms with E-state index in [4.69, 9.17) is 28.6 Å². The molecule has 0 aliphatic heterocycles. The number of benzene rings is 1. The molecule has 0 spiro atoms. The van der Waals surface area contributed by atoms with E-state index in [2.05, 4.69) is 10.6 Å². The summed E-state index contributed by atoms with van der Waals surface area (Å²) in [7, 11) is 4.59. The summed E-state index contributed by atoms with van der Waals surface area (Å²) >= 11 is 12.4. The van der Waals surface area contributed by atoms with Crippen molar-refractivity contribution in [3.8, 4) is 0 Å². The second kappa shape index (κ2) is 8.48. The van der Waals surface area contributed by atoms with Crippen molar-refractivity contribution in [2.75, 3.05) is 31.8 Å². The molecule has 0 bridgehead atoms. The largest absolute Gasteiger partial charge is 0.465 e. The standard InChI is InChI=1S/C17H18ClN3O3S2/c1-9-12(16(23)24-4)14(26-13(9)15(22)21(2)3)20-17(25)19-11-7-5-6-10(18)8-11/h5-8H,1-4H3,(H2,19,20,25). The van der Waals surface area contributed by atoms with E-state index in [0.717, 1.165) is 11.3 Å². The van der Waals surface area contributed by atoms with Crippen molar-refractivity contribution in [1.29, 1.82) is 0 Å². The second-order valence-electron chi connectivity index (χ2n) is 5.54. The summed E-state index contributed by atoms with van der Waals surface area (Å²) in [6, 6.07) is 7.07. The van der Waals surface area contributed by atoms with E-state index in [1.165, 1.54) is 12.0 Å². The number of carbonyl (C=O) groups excluding carboxylic acids is 2. The number of rotatable bonds is 4. The first-order valence-electron chi connectivity index (χ1n) is 7.51. The van der Waals surface area contributed by atoms with Gasteiger partial charge in [-0.15, -0.1) is 11.3 Å². The number of esters is 1. The van der Waals surface area contributed by atoms with Crippen molar-refractivity contribution in [2.45, 2.75) is 6.92 Å². The second-order valence-corrected chi connectivity index (χ2v) is 7.41. The van der Waals surface area contributed by atoms with Crippen molar-refractivity contribution in [3.63, 3.8) is 0 Å². The van der Waals surface area contributed by atoms with Gasteiger partial charge in [0.25, 0.3) is 5.91 Å². The Bertz CT molecular complexity index is 865. The number of thiocarbonyl (C=S) groups is 1. The molecule has 0 fully saturated rings. The van der Waals surface area contributed by atoms with Crippen LogP contribution in [0, 0.1) is 6.92 Å². The fraction of sp³-hybridized carbons (Fsp3) is 0.235. The number of carbonyl (C=O) groups is 2. The van der Waals surface area contributed by atoms with E-state index >= 15 is 0 Å². The predicted molar refractivity (Wildman–Crippen MR) is 110 cm³/mol. The smallest absolute Gasteiger partial charge is 0.341 e. The number of hydrogen-bond acceptors (Lipinski definition) is 5. The van der Waals surface area contributed by atoms with Gasteiger partial charge in [-0.25, -0.2) is 4.79 Å². The van der Waals surface area contributed by atoms with Crippen LogP contribution in [0.25, 0.3) is 0 Å². The lowest BCUT2D eigenvalue weighted by Crippen LogP contribution is -2.21. The van der Waals surface area contributed by atoms with Crippen molar-refractivity contribution < 1.29 is 14.3 Å². The Morgan fingerprint density at radius 1 is 1.27 bits per heavy atom. The molecular formula is C17H18ClN3O3S2. The summed E-state index contributed by atoms with van der Waals surface area (Å²) in [5, 5.41) is 7.24. The summed E-state index contributed by atoms with van der Waals surface area (Å²) in [5.74, 6) is -0.732. The molecule has 9 heteroatoms. The maximum absolute atomic E-state index is 12.3. The molecule has 6 nitrogen and oxygen atoms in total. The lowest BCUT2D eigenvalue weighted by atomic mass is 10.1. The van der Waals surface area contributed by atoms with Crippen LogP contribution >= 0.6 is 35.2 Å². The van der Waals surface area contributed by atoms with Crippen LogP contribution in [0.4, 0.5) is 10.7 Å². The lowest BCUT2D eigenvalue weighted by molar-refractivity contribution is 0.0601. The van der Waals surface area contributed by atoms with Crippen LogP contribution in [-0.2, 0) is 4.74 Å². The van der Waals surface area contributed by atoms with E-state index in [0.29, 0.717) is 26.2 Å². The number of nitrogens with one attached hydrogen (secondary N) is 2. The van der Waals surface area contributed by atoms with E-state index in [1.807, 2.05) is 6.07 Å². The molecule has 1 heterocycles. The molecule has 0 radical (unpaired) electrons. The highest BCUT2D eigenvalue weighted by Crippen LogP contribution is 2.34. The molecule has 0 aliphatic carbocycles. The van der Waals surface area contributed by atoms with Crippen LogP contribution in [-0.4, -0.2) is 43.1 Å². The Hall–Kier alpha value is -2.16. The molecule has 1 aromatic heterocycles. The first kappa shape index (κ1) is 20.2. The Morgan fingerprint density at radius 2 is 1.96 bits per heavy atom. The van der Waals surface area contributed by atoms with Gasteiger partial charge in [0.1, 0.15) is 5.00 Å². The van der Waals surface area contributed by atoms with E-state index in [9.17, 15) is 9.59 Å². The Balaban J connectivity index is 2.32. The number of thiophene rings is 1. The molecule has 1 aromatic carbocycles. The van der Waals surface area contributed by atoms with Gasteiger partial charge >= 0.3 is 5.97 Å². The third-order valence-corrected chi connectivity index (χ3v) is 5.08. The fourth-order valence-corrected chi connectivity index (χ4v) is 3.88. The van der Waals surface area contributed by atoms with E-state index in [1.54, 1.807) is 39.2 Å². The van der Waals surface area contributed by atoms with E-state index < -0.39 is 5.97 Å². The number of amides is 1. The van der Waals surface area contributed by atoms with Gasteiger partial charge in [0, 0.05) is 24.8 Å². The number of nitrogens with zero attached hydrogens (tertiary/aromatic N) is 1. The maximum Gasteiger partial charge on any atom is 0.341 e. The van der Waals surface area contributed by atoms with Crippen molar-refractivity contribution in [1.82, 2.24) is 4.90 Å². The zero-order valence-electron chi connectivity index (χ0n) is 14.7. The van der Waals surface area contributed by atoms with Gasteiger partial charge in [0.05, 0.1) is 17.6 Å². The van der Waals surface area contributed by atoms with Crippen LogP contribution in [0.2, 0.25) is 5.02 Å². The molecule has 0 unspecified atom stereocenters. The minimum absolute atomic E-state index is 0.195.